The van der Waals surface area contributed by atoms with Gasteiger partial charge in [0.2, 0.25) is 0 Å². The van der Waals surface area contributed by atoms with Crippen molar-refractivity contribution >= 4 is 17.4 Å². The first kappa shape index (κ1) is 11.9. The van der Waals surface area contributed by atoms with Crippen molar-refractivity contribution in [2.24, 2.45) is 0 Å². The molecular formula is C13H13ClN2O. The lowest BCUT2D eigenvalue weighted by atomic mass is 10.1. The van der Waals surface area contributed by atoms with Gasteiger partial charge in [0.1, 0.15) is 0 Å². The fourth-order valence-electron chi connectivity index (χ4n) is 1.82. The molecule has 4 heteroatoms. The van der Waals surface area contributed by atoms with Gasteiger partial charge >= 0.3 is 0 Å². The molecule has 3 nitrogen and oxygen atoms in total. The SMILES string of the molecule is CCn1ncc(C(C)=O)c1-c1cccc(Cl)c1. The summed E-state index contributed by atoms with van der Waals surface area (Å²) in [6.07, 6.45) is 1.61. The van der Waals surface area contributed by atoms with Crippen molar-refractivity contribution in [3.8, 4) is 11.3 Å². The number of Topliss-reactive ketones (excluding diaryl/α,β-unsaturated/α-hetero) is 1. The van der Waals surface area contributed by atoms with Crippen LogP contribution in [0.15, 0.2) is 30.5 Å². The van der Waals surface area contributed by atoms with Gasteiger partial charge in [-0.15, -0.1) is 0 Å². The Morgan fingerprint density at radius 3 is 2.82 bits per heavy atom. The van der Waals surface area contributed by atoms with E-state index < -0.39 is 0 Å². The summed E-state index contributed by atoms with van der Waals surface area (Å²) < 4.78 is 1.81. The molecular weight excluding hydrogens is 236 g/mol. The van der Waals surface area contributed by atoms with Gasteiger partial charge in [-0.05, 0) is 26.0 Å². The van der Waals surface area contributed by atoms with Gasteiger partial charge in [0, 0.05) is 17.1 Å². The standard InChI is InChI=1S/C13H13ClN2O/c1-3-16-13(12(8-15-16)9(2)17)10-5-4-6-11(14)7-10/h4-8H,3H2,1-2H3. The predicted octanol–water partition coefficient (Wildman–Crippen LogP) is 3.43. The van der Waals surface area contributed by atoms with Crippen LogP contribution in [0.25, 0.3) is 11.3 Å². The molecule has 1 aromatic heterocycles. The number of carbonyl (C=O) groups is 1. The smallest absolute Gasteiger partial charge is 0.163 e. The Morgan fingerprint density at radius 2 is 2.24 bits per heavy atom. The van der Waals surface area contributed by atoms with E-state index in [9.17, 15) is 4.79 Å². The molecule has 0 bridgehead atoms. The van der Waals surface area contributed by atoms with Crippen molar-refractivity contribution in [2.45, 2.75) is 20.4 Å². The summed E-state index contributed by atoms with van der Waals surface area (Å²) in [5.41, 5.74) is 2.39. The lowest BCUT2D eigenvalue weighted by Gasteiger charge is -2.07. The summed E-state index contributed by atoms with van der Waals surface area (Å²) in [4.78, 5) is 11.6. The number of carbonyl (C=O) groups excluding carboxylic acids is 1. The van der Waals surface area contributed by atoms with Gasteiger partial charge in [-0.3, -0.25) is 9.48 Å². The van der Waals surface area contributed by atoms with Crippen molar-refractivity contribution in [1.82, 2.24) is 9.78 Å². The van der Waals surface area contributed by atoms with Crippen molar-refractivity contribution in [3.05, 3.63) is 41.0 Å². The molecule has 0 spiro atoms. The van der Waals surface area contributed by atoms with Gasteiger partial charge in [-0.2, -0.15) is 5.10 Å². The minimum absolute atomic E-state index is 0.0136. The lowest BCUT2D eigenvalue weighted by Crippen LogP contribution is -2.01. The van der Waals surface area contributed by atoms with Crippen LogP contribution in [-0.4, -0.2) is 15.6 Å². The summed E-state index contributed by atoms with van der Waals surface area (Å²) in [6, 6.07) is 7.46. The van der Waals surface area contributed by atoms with Gasteiger partial charge in [0.15, 0.2) is 5.78 Å². The average Bonchev–Trinajstić information content (AvgIpc) is 2.72. The van der Waals surface area contributed by atoms with Crippen LogP contribution in [0.5, 0.6) is 0 Å². The average molecular weight is 249 g/mol. The Balaban J connectivity index is 2.64. The third kappa shape index (κ3) is 2.24. The summed E-state index contributed by atoms with van der Waals surface area (Å²) in [5, 5.41) is 4.87. The van der Waals surface area contributed by atoms with Crippen LogP contribution in [0.4, 0.5) is 0 Å². The van der Waals surface area contributed by atoms with Gasteiger partial charge in [0.25, 0.3) is 0 Å². The minimum atomic E-state index is 0.0136. The molecule has 0 saturated heterocycles. The number of aromatic nitrogens is 2. The molecule has 0 aliphatic rings. The molecule has 0 N–H and O–H groups in total. The molecule has 0 saturated carbocycles. The number of nitrogens with zero attached hydrogens (tertiary/aromatic N) is 2. The molecule has 1 heterocycles. The molecule has 0 aliphatic carbocycles. The Morgan fingerprint density at radius 1 is 1.47 bits per heavy atom. The van der Waals surface area contributed by atoms with E-state index in [2.05, 4.69) is 5.10 Å². The summed E-state index contributed by atoms with van der Waals surface area (Å²) in [7, 11) is 0. The second-order valence-corrected chi connectivity index (χ2v) is 4.23. The van der Waals surface area contributed by atoms with Gasteiger partial charge in [-0.25, -0.2) is 0 Å². The van der Waals surface area contributed by atoms with Crippen molar-refractivity contribution in [1.29, 1.82) is 0 Å². The predicted molar refractivity (Wildman–Crippen MR) is 68.4 cm³/mol. The fraction of sp³-hybridized carbons (Fsp3) is 0.231. The molecule has 88 valence electrons. The van der Waals surface area contributed by atoms with E-state index in [1.54, 1.807) is 13.1 Å². The normalized spacial score (nSPS) is 10.5. The van der Waals surface area contributed by atoms with Crippen molar-refractivity contribution in [2.75, 3.05) is 0 Å². The molecule has 0 aliphatic heterocycles. The summed E-state index contributed by atoms with van der Waals surface area (Å²) in [6.45, 7) is 4.26. The number of benzene rings is 1. The third-order valence-electron chi connectivity index (χ3n) is 2.62. The fourth-order valence-corrected chi connectivity index (χ4v) is 2.01. The van der Waals surface area contributed by atoms with E-state index in [0.717, 1.165) is 17.8 Å². The van der Waals surface area contributed by atoms with Gasteiger partial charge < -0.3 is 0 Å². The highest BCUT2D eigenvalue weighted by Gasteiger charge is 2.15. The zero-order valence-electron chi connectivity index (χ0n) is 9.77. The zero-order valence-corrected chi connectivity index (χ0v) is 10.5. The Labute approximate surface area is 105 Å². The molecule has 0 unspecified atom stereocenters. The second kappa shape index (κ2) is 4.72. The number of hydrogen-bond donors (Lipinski definition) is 0. The minimum Gasteiger partial charge on any atom is -0.294 e. The van der Waals surface area contributed by atoms with Gasteiger partial charge in [0.05, 0.1) is 17.5 Å². The molecule has 0 radical (unpaired) electrons. The van der Waals surface area contributed by atoms with Gasteiger partial charge in [-0.1, -0.05) is 23.7 Å². The first-order valence-corrected chi connectivity index (χ1v) is 5.84. The largest absolute Gasteiger partial charge is 0.294 e. The Hall–Kier alpha value is -1.61. The molecule has 0 amide bonds. The number of ketones is 1. The van der Waals surface area contributed by atoms with E-state index in [4.69, 9.17) is 11.6 Å². The topological polar surface area (TPSA) is 34.9 Å². The quantitative estimate of drug-likeness (QED) is 0.780. The van der Waals surface area contributed by atoms with E-state index in [0.29, 0.717) is 10.6 Å². The highest BCUT2D eigenvalue weighted by Crippen LogP contribution is 2.26. The number of aryl methyl sites for hydroxylation is 1. The van der Waals surface area contributed by atoms with E-state index in [-0.39, 0.29) is 5.78 Å². The molecule has 17 heavy (non-hydrogen) atoms. The first-order valence-electron chi connectivity index (χ1n) is 5.46. The Kier molecular flexibility index (Phi) is 3.29. The van der Waals surface area contributed by atoms with Crippen LogP contribution >= 0.6 is 11.6 Å². The van der Waals surface area contributed by atoms with E-state index >= 15 is 0 Å². The zero-order chi connectivity index (χ0) is 12.4. The maximum absolute atomic E-state index is 11.6. The monoisotopic (exact) mass is 248 g/mol. The third-order valence-corrected chi connectivity index (χ3v) is 2.85. The first-order chi connectivity index (χ1) is 8.13. The van der Waals surface area contributed by atoms with E-state index in [1.807, 2.05) is 35.9 Å². The molecule has 2 aromatic rings. The van der Waals surface area contributed by atoms with Crippen LogP contribution in [0, 0.1) is 0 Å². The number of hydrogen-bond acceptors (Lipinski definition) is 2. The molecule has 1 aromatic carbocycles. The lowest BCUT2D eigenvalue weighted by molar-refractivity contribution is 0.101. The Bertz CT molecular complexity index is 560. The molecule has 2 rings (SSSR count). The van der Waals surface area contributed by atoms with Crippen molar-refractivity contribution in [3.63, 3.8) is 0 Å². The van der Waals surface area contributed by atoms with Crippen LogP contribution < -0.4 is 0 Å². The summed E-state index contributed by atoms with van der Waals surface area (Å²) in [5.74, 6) is 0.0136. The van der Waals surface area contributed by atoms with Crippen LogP contribution in [0.3, 0.4) is 0 Å². The van der Waals surface area contributed by atoms with Crippen LogP contribution in [0.2, 0.25) is 5.02 Å². The molecule has 0 atom stereocenters. The summed E-state index contributed by atoms with van der Waals surface area (Å²) >= 11 is 5.97. The second-order valence-electron chi connectivity index (χ2n) is 3.79. The molecule has 0 fully saturated rings. The number of rotatable bonds is 3. The highest BCUT2D eigenvalue weighted by atomic mass is 35.5. The maximum Gasteiger partial charge on any atom is 0.163 e. The van der Waals surface area contributed by atoms with E-state index in [1.165, 1.54) is 0 Å². The maximum atomic E-state index is 11.6. The highest BCUT2D eigenvalue weighted by molar-refractivity contribution is 6.30. The number of halogens is 1. The van der Waals surface area contributed by atoms with Crippen LogP contribution in [0.1, 0.15) is 24.2 Å². The van der Waals surface area contributed by atoms with Crippen LogP contribution in [-0.2, 0) is 6.54 Å². The van der Waals surface area contributed by atoms with Crippen molar-refractivity contribution < 1.29 is 4.79 Å².